The molecule has 0 unspecified atom stereocenters. The van der Waals surface area contributed by atoms with Crippen LogP contribution >= 0.6 is 0 Å². The summed E-state index contributed by atoms with van der Waals surface area (Å²) in [6, 6.07) is 5.80. The van der Waals surface area contributed by atoms with Crippen LogP contribution in [0.5, 0.6) is 5.75 Å². The first kappa shape index (κ1) is 21.0. The fourth-order valence-corrected chi connectivity index (χ4v) is 4.09. The van der Waals surface area contributed by atoms with E-state index in [9.17, 15) is 18.3 Å². The van der Waals surface area contributed by atoms with Crippen molar-refractivity contribution in [1.82, 2.24) is 0 Å². The van der Waals surface area contributed by atoms with Crippen molar-refractivity contribution in [1.29, 1.82) is 0 Å². The first-order valence-corrected chi connectivity index (χ1v) is 9.44. The molecular formula is C19H26O5S. The molecule has 0 bridgehead atoms. The zero-order valence-corrected chi connectivity index (χ0v) is 16.2. The molecule has 1 aromatic carbocycles. The monoisotopic (exact) mass is 366 g/mol. The Morgan fingerprint density at radius 3 is 1.80 bits per heavy atom. The van der Waals surface area contributed by atoms with Crippen LogP contribution in [0.3, 0.4) is 0 Å². The van der Waals surface area contributed by atoms with Gasteiger partial charge in [0.25, 0.3) is 0 Å². The van der Waals surface area contributed by atoms with Crippen molar-refractivity contribution in [3.63, 3.8) is 0 Å². The SMILES string of the molecule is COc1ccc(S(=O)(=O)C(CC=C(C)C)(CC=C(C)C)C(=O)O)cc1. The molecule has 0 fully saturated rings. The van der Waals surface area contributed by atoms with Crippen LogP contribution in [0.15, 0.2) is 52.5 Å². The molecule has 25 heavy (non-hydrogen) atoms. The number of hydrogen-bond acceptors (Lipinski definition) is 4. The van der Waals surface area contributed by atoms with Gasteiger partial charge in [-0.25, -0.2) is 8.42 Å². The van der Waals surface area contributed by atoms with Crippen molar-refractivity contribution in [3.8, 4) is 5.75 Å². The molecule has 138 valence electrons. The summed E-state index contributed by atoms with van der Waals surface area (Å²) in [4.78, 5) is 12.1. The van der Waals surface area contributed by atoms with E-state index in [1.165, 1.54) is 31.4 Å². The maximum absolute atomic E-state index is 13.2. The number of ether oxygens (including phenoxy) is 1. The normalized spacial score (nSPS) is 11.6. The highest BCUT2D eigenvalue weighted by Crippen LogP contribution is 2.35. The molecule has 0 saturated carbocycles. The van der Waals surface area contributed by atoms with Gasteiger partial charge in [-0.05, 0) is 64.8 Å². The van der Waals surface area contributed by atoms with E-state index < -0.39 is 20.6 Å². The third kappa shape index (κ3) is 4.72. The number of hydrogen-bond donors (Lipinski definition) is 1. The number of carboxylic acids is 1. The van der Waals surface area contributed by atoms with Crippen molar-refractivity contribution in [2.75, 3.05) is 7.11 Å². The van der Waals surface area contributed by atoms with Crippen LogP contribution in [0.1, 0.15) is 40.5 Å². The summed E-state index contributed by atoms with van der Waals surface area (Å²) >= 11 is 0. The van der Waals surface area contributed by atoms with E-state index in [0.29, 0.717) is 5.75 Å². The van der Waals surface area contributed by atoms with Crippen LogP contribution in [-0.2, 0) is 14.6 Å². The summed E-state index contributed by atoms with van der Waals surface area (Å²) in [5.74, 6) is -0.841. The molecule has 0 amide bonds. The van der Waals surface area contributed by atoms with Crippen LogP contribution in [0.25, 0.3) is 0 Å². The minimum absolute atomic E-state index is 0.0278. The second kappa shape index (κ2) is 8.34. The van der Waals surface area contributed by atoms with Crippen LogP contribution in [-0.4, -0.2) is 31.4 Å². The molecule has 6 heteroatoms. The van der Waals surface area contributed by atoms with Crippen molar-refractivity contribution < 1.29 is 23.1 Å². The van der Waals surface area contributed by atoms with Gasteiger partial charge in [0.05, 0.1) is 12.0 Å². The van der Waals surface area contributed by atoms with Gasteiger partial charge in [0.1, 0.15) is 5.75 Å². The van der Waals surface area contributed by atoms with Crippen LogP contribution in [0, 0.1) is 0 Å². The lowest BCUT2D eigenvalue weighted by molar-refractivity contribution is -0.140. The van der Waals surface area contributed by atoms with Crippen molar-refractivity contribution in [2.24, 2.45) is 0 Å². The van der Waals surface area contributed by atoms with Crippen LogP contribution < -0.4 is 4.74 Å². The Bertz CT molecular complexity index is 743. The molecule has 0 aliphatic carbocycles. The minimum Gasteiger partial charge on any atom is -0.497 e. The number of carbonyl (C=O) groups is 1. The maximum Gasteiger partial charge on any atom is 0.326 e. The standard InChI is InChI=1S/C19H26O5S/c1-14(2)10-12-19(18(20)21,13-11-15(3)4)25(22,23)17-8-6-16(24-5)7-9-17/h6-11H,12-13H2,1-5H3,(H,20,21). The maximum atomic E-state index is 13.2. The molecule has 1 aromatic rings. The first-order chi connectivity index (χ1) is 11.6. The van der Waals surface area contributed by atoms with E-state index in [1.807, 2.05) is 27.7 Å². The number of benzene rings is 1. The Hall–Kier alpha value is -2.08. The van der Waals surface area contributed by atoms with E-state index in [-0.39, 0.29) is 17.7 Å². The lowest BCUT2D eigenvalue weighted by Gasteiger charge is -2.27. The molecule has 0 aliphatic heterocycles. The number of aliphatic carboxylic acids is 1. The molecule has 0 atom stereocenters. The van der Waals surface area contributed by atoms with Crippen molar-refractivity contribution >= 4 is 15.8 Å². The van der Waals surface area contributed by atoms with Gasteiger partial charge in [-0.15, -0.1) is 0 Å². The lowest BCUT2D eigenvalue weighted by Crippen LogP contribution is -2.46. The van der Waals surface area contributed by atoms with Gasteiger partial charge in [0.2, 0.25) is 0 Å². The molecule has 0 saturated heterocycles. The minimum atomic E-state index is -4.12. The summed E-state index contributed by atoms with van der Waals surface area (Å²) in [6.07, 6.45) is 3.13. The summed E-state index contributed by atoms with van der Waals surface area (Å²) < 4.78 is 29.6. The fourth-order valence-electron chi connectivity index (χ4n) is 2.31. The summed E-state index contributed by atoms with van der Waals surface area (Å²) in [7, 11) is -2.64. The third-order valence-electron chi connectivity index (χ3n) is 3.95. The molecule has 5 nitrogen and oxygen atoms in total. The Balaban J connectivity index is 3.57. The first-order valence-electron chi connectivity index (χ1n) is 7.95. The fraction of sp³-hybridized carbons (Fsp3) is 0.421. The van der Waals surface area contributed by atoms with Gasteiger partial charge < -0.3 is 9.84 Å². The molecule has 0 aromatic heterocycles. The number of methoxy groups -OCH3 is 1. The van der Waals surface area contributed by atoms with Crippen LogP contribution in [0.2, 0.25) is 0 Å². The number of rotatable bonds is 8. The molecule has 0 aliphatic rings. The second-order valence-electron chi connectivity index (χ2n) is 6.45. The molecule has 0 spiro atoms. The largest absolute Gasteiger partial charge is 0.497 e. The average molecular weight is 366 g/mol. The molecule has 0 heterocycles. The highest BCUT2D eigenvalue weighted by atomic mass is 32.2. The van der Waals surface area contributed by atoms with E-state index in [2.05, 4.69) is 0 Å². The molecule has 1 N–H and O–H groups in total. The number of carboxylic acid groups (broad SMARTS) is 1. The van der Waals surface area contributed by atoms with Crippen molar-refractivity contribution in [2.45, 2.75) is 50.2 Å². The highest BCUT2D eigenvalue weighted by Gasteiger charge is 2.50. The number of allylic oxidation sites excluding steroid dienone is 4. The average Bonchev–Trinajstić information content (AvgIpc) is 2.54. The highest BCUT2D eigenvalue weighted by molar-refractivity contribution is 7.93. The quantitative estimate of drug-likeness (QED) is 0.703. The molecule has 0 radical (unpaired) electrons. The zero-order valence-electron chi connectivity index (χ0n) is 15.4. The molecule has 1 rings (SSSR count). The van der Waals surface area contributed by atoms with Gasteiger partial charge >= 0.3 is 5.97 Å². The van der Waals surface area contributed by atoms with E-state index in [4.69, 9.17) is 4.74 Å². The summed E-state index contributed by atoms with van der Waals surface area (Å²) in [5, 5.41) is 9.88. The number of sulfone groups is 1. The van der Waals surface area contributed by atoms with E-state index >= 15 is 0 Å². The Labute approximate surface area is 149 Å². The molecular weight excluding hydrogens is 340 g/mol. The van der Waals surface area contributed by atoms with Crippen molar-refractivity contribution in [3.05, 3.63) is 47.6 Å². The summed E-state index contributed by atoms with van der Waals surface area (Å²) in [6.45, 7) is 7.25. The van der Waals surface area contributed by atoms with Gasteiger partial charge in [-0.3, -0.25) is 4.79 Å². The Kier molecular flexibility index (Phi) is 6.99. The van der Waals surface area contributed by atoms with Gasteiger partial charge in [0.15, 0.2) is 14.6 Å². The zero-order chi connectivity index (χ0) is 19.3. The van der Waals surface area contributed by atoms with Crippen LogP contribution in [0.4, 0.5) is 0 Å². The van der Waals surface area contributed by atoms with Gasteiger partial charge in [-0.1, -0.05) is 23.3 Å². The summed E-state index contributed by atoms with van der Waals surface area (Å²) in [5.41, 5.74) is 1.74. The Morgan fingerprint density at radius 1 is 1.04 bits per heavy atom. The predicted molar refractivity (Wildman–Crippen MR) is 98.6 cm³/mol. The third-order valence-corrected chi connectivity index (χ3v) is 6.38. The van der Waals surface area contributed by atoms with E-state index in [1.54, 1.807) is 12.2 Å². The smallest absolute Gasteiger partial charge is 0.326 e. The predicted octanol–water partition coefficient (Wildman–Crippen LogP) is 4.00. The lowest BCUT2D eigenvalue weighted by atomic mass is 9.97. The van der Waals surface area contributed by atoms with Gasteiger partial charge in [-0.2, -0.15) is 0 Å². The van der Waals surface area contributed by atoms with E-state index in [0.717, 1.165) is 11.1 Å². The Morgan fingerprint density at radius 2 is 1.48 bits per heavy atom. The van der Waals surface area contributed by atoms with Gasteiger partial charge in [0, 0.05) is 0 Å². The second-order valence-corrected chi connectivity index (χ2v) is 8.71. The topological polar surface area (TPSA) is 80.7 Å².